The number of nitrogens with zero attached hydrogens (tertiary/aromatic N) is 2. The van der Waals surface area contributed by atoms with Crippen molar-refractivity contribution in [2.45, 2.75) is 13.3 Å². The van der Waals surface area contributed by atoms with E-state index in [1.165, 1.54) is 0 Å². The molecule has 0 aliphatic rings. The van der Waals surface area contributed by atoms with Crippen LogP contribution >= 0.6 is 11.1 Å². The SMILES string of the molecule is CCCN=c1[nH][s+]([O-])nc1Nc1ccccc1. The smallest absolute Gasteiger partial charge is 0.236 e. The summed E-state index contributed by atoms with van der Waals surface area (Å²) in [5.41, 5.74) is 1.46. The third-order valence-electron chi connectivity index (χ3n) is 2.11. The van der Waals surface area contributed by atoms with Crippen LogP contribution in [-0.4, -0.2) is 19.8 Å². The van der Waals surface area contributed by atoms with E-state index >= 15 is 0 Å². The van der Waals surface area contributed by atoms with Gasteiger partial charge in [0.15, 0.2) is 11.1 Å². The summed E-state index contributed by atoms with van der Waals surface area (Å²) in [5.74, 6) is 0.531. The zero-order valence-electron chi connectivity index (χ0n) is 9.51. The molecule has 0 fully saturated rings. The minimum Gasteiger partial charge on any atom is -0.548 e. The molecule has 1 unspecified atom stereocenters. The van der Waals surface area contributed by atoms with Crippen LogP contribution in [0.2, 0.25) is 0 Å². The van der Waals surface area contributed by atoms with E-state index in [-0.39, 0.29) is 0 Å². The first kappa shape index (κ1) is 11.8. The van der Waals surface area contributed by atoms with Crippen molar-refractivity contribution in [1.29, 1.82) is 0 Å². The van der Waals surface area contributed by atoms with Gasteiger partial charge < -0.3 is 9.87 Å². The van der Waals surface area contributed by atoms with Crippen molar-refractivity contribution in [3.63, 3.8) is 0 Å². The molecule has 0 aliphatic heterocycles. The molecule has 0 saturated carbocycles. The second-order valence-electron chi connectivity index (χ2n) is 3.51. The number of anilines is 2. The number of aromatic amines is 1. The second-order valence-corrected chi connectivity index (χ2v) is 4.40. The topological polar surface area (TPSA) is 76.1 Å². The Kier molecular flexibility index (Phi) is 3.89. The fourth-order valence-corrected chi connectivity index (χ4v) is 2.02. The maximum absolute atomic E-state index is 11.3. The largest absolute Gasteiger partial charge is 0.548 e. The van der Waals surface area contributed by atoms with E-state index in [0.29, 0.717) is 17.9 Å². The van der Waals surface area contributed by atoms with Crippen LogP contribution in [-0.2, 0) is 0 Å². The van der Waals surface area contributed by atoms with E-state index in [2.05, 4.69) is 19.1 Å². The van der Waals surface area contributed by atoms with Crippen molar-refractivity contribution in [2.24, 2.45) is 4.99 Å². The Hall–Kier alpha value is -1.66. The Labute approximate surface area is 102 Å². The number of nitrogens with one attached hydrogen (secondary N) is 2. The van der Waals surface area contributed by atoms with Gasteiger partial charge in [-0.25, -0.2) is 0 Å². The summed E-state index contributed by atoms with van der Waals surface area (Å²) in [6, 6.07) is 9.61. The van der Waals surface area contributed by atoms with Gasteiger partial charge in [-0.15, -0.1) is 4.37 Å². The number of benzene rings is 1. The molecular weight excluding hydrogens is 236 g/mol. The first-order chi connectivity index (χ1) is 8.29. The summed E-state index contributed by atoms with van der Waals surface area (Å²) in [4.78, 5) is 4.29. The molecular formula is C11H14N4OS. The molecule has 0 spiro atoms. The van der Waals surface area contributed by atoms with Crippen LogP contribution in [0.25, 0.3) is 0 Å². The fourth-order valence-electron chi connectivity index (χ4n) is 1.35. The number of hydrogen-bond donors (Lipinski definition) is 2. The molecule has 0 amide bonds. The molecule has 5 nitrogen and oxygen atoms in total. The highest BCUT2D eigenvalue weighted by molar-refractivity contribution is 7.13. The van der Waals surface area contributed by atoms with Crippen LogP contribution in [0, 0.1) is 0 Å². The van der Waals surface area contributed by atoms with Crippen molar-refractivity contribution in [2.75, 3.05) is 11.9 Å². The standard InChI is InChI=1S/C11H14N4OS/c1-2-8-12-10-11(15-17(16)14-10)13-9-6-4-3-5-7-9/h3-7H,2,8H2,1H3,(H,12,14)(H,13,15). The van der Waals surface area contributed by atoms with Crippen molar-refractivity contribution in [1.82, 2.24) is 8.75 Å². The number of H-pyrrole nitrogens is 1. The summed E-state index contributed by atoms with van der Waals surface area (Å²) >= 11 is -1.42. The maximum atomic E-state index is 11.3. The molecule has 1 heterocycles. The van der Waals surface area contributed by atoms with Gasteiger partial charge in [0, 0.05) is 16.6 Å². The van der Waals surface area contributed by atoms with Gasteiger partial charge in [0.1, 0.15) is 0 Å². The second kappa shape index (κ2) is 5.60. The molecule has 1 aromatic heterocycles. The van der Waals surface area contributed by atoms with Crippen molar-refractivity contribution < 1.29 is 4.55 Å². The lowest BCUT2D eigenvalue weighted by Crippen LogP contribution is -2.09. The minimum atomic E-state index is -1.42. The highest BCUT2D eigenvalue weighted by Gasteiger charge is 2.07. The summed E-state index contributed by atoms with van der Waals surface area (Å²) < 4.78 is 18.0. The lowest BCUT2D eigenvalue weighted by atomic mass is 10.3. The van der Waals surface area contributed by atoms with Crippen molar-refractivity contribution >= 4 is 22.6 Å². The van der Waals surface area contributed by atoms with Gasteiger partial charge >= 0.3 is 0 Å². The molecule has 2 rings (SSSR count). The zero-order valence-corrected chi connectivity index (χ0v) is 10.3. The van der Waals surface area contributed by atoms with Gasteiger partial charge in [-0.2, -0.15) is 0 Å². The number of rotatable bonds is 4. The number of aromatic nitrogens is 2. The predicted octanol–water partition coefficient (Wildman–Crippen LogP) is 2.19. The third-order valence-corrected chi connectivity index (χ3v) is 2.83. The Morgan fingerprint density at radius 2 is 2.18 bits per heavy atom. The van der Waals surface area contributed by atoms with Gasteiger partial charge in [-0.1, -0.05) is 25.1 Å². The molecule has 90 valence electrons. The van der Waals surface area contributed by atoms with E-state index in [1.807, 2.05) is 37.3 Å². The van der Waals surface area contributed by atoms with Crippen LogP contribution in [0.5, 0.6) is 0 Å². The van der Waals surface area contributed by atoms with Crippen LogP contribution < -0.4 is 10.8 Å². The summed E-state index contributed by atoms with van der Waals surface area (Å²) in [7, 11) is 0. The van der Waals surface area contributed by atoms with Gasteiger partial charge in [-0.3, -0.25) is 4.99 Å². The van der Waals surface area contributed by atoms with E-state index in [4.69, 9.17) is 0 Å². The molecule has 17 heavy (non-hydrogen) atoms. The monoisotopic (exact) mass is 250 g/mol. The van der Waals surface area contributed by atoms with Gasteiger partial charge in [0.2, 0.25) is 11.3 Å². The van der Waals surface area contributed by atoms with Gasteiger partial charge in [0.05, 0.1) is 0 Å². The lowest BCUT2D eigenvalue weighted by molar-refractivity contribution is 0.584. The highest BCUT2D eigenvalue weighted by Crippen LogP contribution is 2.12. The van der Waals surface area contributed by atoms with E-state index in [0.717, 1.165) is 12.1 Å². The predicted molar refractivity (Wildman–Crippen MR) is 67.7 cm³/mol. The Morgan fingerprint density at radius 1 is 1.41 bits per heavy atom. The molecule has 0 radical (unpaired) electrons. The fraction of sp³-hybridized carbons (Fsp3) is 0.273. The summed E-state index contributed by atoms with van der Waals surface area (Å²) in [5, 5.41) is 3.09. The molecule has 1 atom stereocenters. The molecule has 6 heteroatoms. The summed E-state index contributed by atoms with van der Waals surface area (Å²) in [6.07, 6.45) is 0.941. The molecule has 0 saturated heterocycles. The summed E-state index contributed by atoms with van der Waals surface area (Å²) in [6.45, 7) is 2.73. The first-order valence-electron chi connectivity index (χ1n) is 5.43. The average Bonchev–Trinajstić information content (AvgIpc) is 2.68. The zero-order chi connectivity index (χ0) is 12.1. The molecule has 1 aromatic carbocycles. The van der Waals surface area contributed by atoms with E-state index in [1.54, 1.807) is 0 Å². The Balaban J connectivity index is 2.26. The van der Waals surface area contributed by atoms with Crippen LogP contribution in [0.1, 0.15) is 13.3 Å². The average molecular weight is 250 g/mol. The quantitative estimate of drug-likeness (QED) is 0.817. The lowest BCUT2D eigenvalue weighted by Gasteiger charge is -1.99. The van der Waals surface area contributed by atoms with Gasteiger partial charge in [0.25, 0.3) is 0 Å². The Morgan fingerprint density at radius 3 is 2.88 bits per heavy atom. The third kappa shape index (κ3) is 3.15. The van der Waals surface area contributed by atoms with E-state index < -0.39 is 11.1 Å². The van der Waals surface area contributed by atoms with Crippen LogP contribution in [0.3, 0.4) is 0 Å². The Bertz CT molecular complexity index is 532. The van der Waals surface area contributed by atoms with Crippen molar-refractivity contribution in [3.8, 4) is 0 Å². The number of para-hydroxylation sites is 1. The number of hydrogen-bond acceptors (Lipinski definition) is 4. The normalized spacial score (nSPS) is 12.8. The first-order valence-corrected chi connectivity index (χ1v) is 6.54. The minimum absolute atomic E-state index is 0.531. The maximum Gasteiger partial charge on any atom is 0.236 e. The van der Waals surface area contributed by atoms with Crippen LogP contribution in [0.4, 0.5) is 11.5 Å². The molecule has 2 N–H and O–H groups in total. The van der Waals surface area contributed by atoms with Crippen molar-refractivity contribution in [3.05, 3.63) is 35.8 Å². The van der Waals surface area contributed by atoms with Crippen LogP contribution in [0.15, 0.2) is 35.3 Å². The molecule has 0 aliphatic carbocycles. The molecule has 0 bridgehead atoms. The van der Waals surface area contributed by atoms with Gasteiger partial charge in [-0.05, 0) is 18.6 Å². The molecule has 2 aromatic rings. The highest BCUT2D eigenvalue weighted by atomic mass is 32.2. The van der Waals surface area contributed by atoms with E-state index in [9.17, 15) is 4.55 Å².